The summed E-state index contributed by atoms with van der Waals surface area (Å²) >= 11 is 0. The predicted molar refractivity (Wildman–Crippen MR) is 67.8 cm³/mol. The van der Waals surface area contributed by atoms with Crippen LogP contribution in [0.25, 0.3) is 0 Å². The van der Waals surface area contributed by atoms with Crippen molar-refractivity contribution in [3.8, 4) is 5.75 Å². The van der Waals surface area contributed by atoms with E-state index in [4.69, 9.17) is 10.5 Å². The molecule has 17 heavy (non-hydrogen) atoms. The molecule has 1 unspecified atom stereocenters. The van der Waals surface area contributed by atoms with Crippen molar-refractivity contribution >= 4 is 5.91 Å². The van der Waals surface area contributed by atoms with Gasteiger partial charge in [0.15, 0.2) is 0 Å². The van der Waals surface area contributed by atoms with Gasteiger partial charge >= 0.3 is 0 Å². The number of carbonyl (C=O) groups excluding carboxylic acids is 1. The summed E-state index contributed by atoms with van der Waals surface area (Å²) in [6.45, 7) is 3.81. The van der Waals surface area contributed by atoms with E-state index in [2.05, 4.69) is 5.32 Å². The molecule has 4 nitrogen and oxygen atoms in total. The maximum Gasteiger partial charge on any atom is 0.237 e. The molecule has 0 bridgehead atoms. The maximum absolute atomic E-state index is 11.6. The zero-order chi connectivity index (χ0) is 12.8. The van der Waals surface area contributed by atoms with Crippen molar-refractivity contribution in [1.82, 2.24) is 5.32 Å². The van der Waals surface area contributed by atoms with Gasteiger partial charge in [-0.2, -0.15) is 0 Å². The van der Waals surface area contributed by atoms with Crippen LogP contribution in [-0.2, 0) is 4.79 Å². The van der Waals surface area contributed by atoms with Gasteiger partial charge in [0, 0.05) is 0 Å². The molecule has 1 aromatic rings. The van der Waals surface area contributed by atoms with E-state index in [1.165, 1.54) is 0 Å². The van der Waals surface area contributed by atoms with Crippen molar-refractivity contribution in [2.75, 3.05) is 7.11 Å². The Labute approximate surface area is 102 Å². The van der Waals surface area contributed by atoms with Crippen molar-refractivity contribution in [2.24, 2.45) is 5.73 Å². The van der Waals surface area contributed by atoms with Gasteiger partial charge in [-0.05, 0) is 31.0 Å². The molecule has 2 atom stereocenters. The minimum atomic E-state index is -0.442. The van der Waals surface area contributed by atoms with Gasteiger partial charge < -0.3 is 15.8 Å². The van der Waals surface area contributed by atoms with Gasteiger partial charge in [-0.15, -0.1) is 0 Å². The molecule has 0 spiro atoms. The minimum absolute atomic E-state index is 0.0739. The van der Waals surface area contributed by atoms with E-state index in [0.717, 1.165) is 11.3 Å². The summed E-state index contributed by atoms with van der Waals surface area (Å²) in [5.41, 5.74) is 6.66. The maximum atomic E-state index is 11.6. The van der Waals surface area contributed by atoms with Crippen LogP contribution >= 0.6 is 0 Å². The van der Waals surface area contributed by atoms with Crippen molar-refractivity contribution in [2.45, 2.75) is 32.4 Å². The lowest BCUT2D eigenvalue weighted by Crippen LogP contribution is -2.41. The molecular weight excluding hydrogens is 216 g/mol. The Morgan fingerprint density at radius 1 is 1.53 bits per heavy atom. The van der Waals surface area contributed by atoms with Crippen LogP contribution in [0.3, 0.4) is 0 Å². The Balaban J connectivity index is 2.69. The highest BCUT2D eigenvalue weighted by atomic mass is 16.5. The number of rotatable bonds is 5. The topological polar surface area (TPSA) is 64.4 Å². The number of hydrogen-bond donors (Lipinski definition) is 2. The van der Waals surface area contributed by atoms with Gasteiger partial charge in [0.25, 0.3) is 0 Å². The fraction of sp³-hybridized carbons (Fsp3) is 0.462. The fourth-order valence-corrected chi connectivity index (χ4v) is 1.50. The summed E-state index contributed by atoms with van der Waals surface area (Å²) < 4.78 is 5.14. The molecule has 0 saturated heterocycles. The predicted octanol–water partition coefficient (Wildman–Crippen LogP) is 1.61. The lowest BCUT2D eigenvalue weighted by atomic mass is 10.1. The molecule has 3 N–H and O–H groups in total. The van der Waals surface area contributed by atoms with E-state index in [-0.39, 0.29) is 11.9 Å². The van der Waals surface area contributed by atoms with Gasteiger partial charge in [0.1, 0.15) is 5.75 Å². The lowest BCUT2D eigenvalue weighted by molar-refractivity contribution is -0.123. The third-order valence-electron chi connectivity index (χ3n) is 2.73. The number of benzene rings is 1. The molecule has 94 valence electrons. The average Bonchev–Trinajstić information content (AvgIpc) is 2.37. The van der Waals surface area contributed by atoms with Gasteiger partial charge in [-0.25, -0.2) is 0 Å². The van der Waals surface area contributed by atoms with Crippen molar-refractivity contribution in [1.29, 1.82) is 0 Å². The molecule has 0 radical (unpaired) electrons. The number of nitrogens with two attached hydrogens (primary N) is 1. The van der Waals surface area contributed by atoms with Crippen LogP contribution < -0.4 is 15.8 Å². The van der Waals surface area contributed by atoms with Crippen LogP contribution in [0.4, 0.5) is 0 Å². The van der Waals surface area contributed by atoms with Crippen LogP contribution in [0, 0.1) is 0 Å². The van der Waals surface area contributed by atoms with Gasteiger partial charge in [-0.1, -0.05) is 19.1 Å². The normalized spacial score (nSPS) is 13.9. The minimum Gasteiger partial charge on any atom is -0.497 e. The second-order valence-electron chi connectivity index (χ2n) is 4.02. The number of ether oxygens (including phenoxy) is 1. The van der Waals surface area contributed by atoms with E-state index >= 15 is 0 Å². The highest BCUT2D eigenvalue weighted by Crippen LogP contribution is 2.18. The number of methoxy groups -OCH3 is 1. The molecule has 0 aliphatic heterocycles. The smallest absolute Gasteiger partial charge is 0.237 e. The van der Waals surface area contributed by atoms with Crippen LogP contribution in [0.1, 0.15) is 31.9 Å². The monoisotopic (exact) mass is 236 g/mol. The van der Waals surface area contributed by atoms with Gasteiger partial charge in [0.05, 0.1) is 19.2 Å². The Morgan fingerprint density at radius 2 is 2.24 bits per heavy atom. The summed E-state index contributed by atoms with van der Waals surface area (Å²) in [7, 11) is 1.62. The SMILES string of the molecule is CCC(N)C(=O)N[C@@H](C)c1cccc(OC)c1. The molecule has 0 heterocycles. The number of hydrogen-bond acceptors (Lipinski definition) is 3. The Bertz CT molecular complexity index is 379. The van der Waals surface area contributed by atoms with E-state index in [0.29, 0.717) is 6.42 Å². The lowest BCUT2D eigenvalue weighted by Gasteiger charge is -2.17. The first kappa shape index (κ1) is 13.5. The first-order valence-electron chi connectivity index (χ1n) is 5.78. The zero-order valence-corrected chi connectivity index (χ0v) is 10.6. The molecule has 0 aliphatic rings. The van der Waals surface area contributed by atoms with Crippen LogP contribution in [-0.4, -0.2) is 19.1 Å². The Hall–Kier alpha value is -1.55. The van der Waals surface area contributed by atoms with E-state index in [9.17, 15) is 4.79 Å². The van der Waals surface area contributed by atoms with Gasteiger partial charge in [0.2, 0.25) is 5.91 Å². The second-order valence-corrected chi connectivity index (χ2v) is 4.02. The molecular formula is C13H20N2O2. The van der Waals surface area contributed by atoms with E-state index in [1.807, 2.05) is 38.1 Å². The van der Waals surface area contributed by atoms with E-state index in [1.54, 1.807) is 7.11 Å². The van der Waals surface area contributed by atoms with Crippen LogP contribution in [0.15, 0.2) is 24.3 Å². The van der Waals surface area contributed by atoms with Crippen molar-refractivity contribution in [3.63, 3.8) is 0 Å². The van der Waals surface area contributed by atoms with Crippen molar-refractivity contribution < 1.29 is 9.53 Å². The highest BCUT2D eigenvalue weighted by Gasteiger charge is 2.14. The summed E-state index contributed by atoms with van der Waals surface area (Å²) in [5.74, 6) is 0.659. The summed E-state index contributed by atoms with van der Waals surface area (Å²) in [6, 6.07) is 7.11. The molecule has 4 heteroatoms. The largest absolute Gasteiger partial charge is 0.497 e. The third-order valence-corrected chi connectivity index (χ3v) is 2.73. The molecule has 0 saturated carbocycles. The first-order valence-corrected chi connectivity index (χ1v) is 5.78. The molecule has 1 rings (SSSR count). The summed E-state index contributed by atoms with van der Waals surface area (Å²) in [6.07, 6.45) is 0.636. The Morgan fingerprint density at radius 3 is 2.82 bits per heavy atom. The zero-order valence-electron chi connectivity index (χ0n) is 10.6. The standard InChI is InChI=1S/C13H20N2O2/c1-4-12(14)13(16)15-9(2)10-6-5-7-11(8-10)17-3/h5-9,12H,4,14H2,1-3H3,(H,15,16)/t9-,12?/m0/s1. The third kappa shape index (κ3) is 3.75. The van der Waals surface area contributed by atoms with E-state index < -0.39 is 6.04 Å². The first-order chi connectivity index (χ1) is 8.08. The molecule has 1 aromatic carbocycles. The highest BCUT2D eigenvalue weighted by molar-refractivity contribution is 5.81. The van der Waals surface area contributed by atoms with Gasteiger partial charge in [-0.3, -0.25) is 4.79 Å². The summed E-state index contributed by atoms with van der Waals surface area (Å²) in [5, 5.41) is 2.88. The number of amides is 1. The van der Waals surface area contributed by atoms with Crippen molar-refractivity contribution in [3.05, 3.63) is 29.8 Å². The Kier molecular flexibility index (Phi) is 4.97. The fourth-order valence-electron chi connectivity index (χ4n) is 1.50. The second kappa shape index (κ2) is 6.25. The average molecular weight is 236 g/mol. The summed E-state index contributed by atoms with van der Waals surface area (Å²) in [4.78, 5) is 11.6. The molecule has 0 aromatic heterocycles. The molecule has 1 amide bonds. The quantitative estimate of drug-likeness (QED) is 0.816. The number of nitrogens with one attached hydrogen (secondary N) is 1. The van der Waals surface area contributed by atoms with Crippen LogP contribution in [0.2, 0.25) is 0 Å². The molecule has 0 aliphatic carbocycles. The number of carbonyl (C=O) groups is 1. The van der Waals surface area contributed by atoms with Crippen LogP contribution in [0.5, 0.6) is 5.75 Å². The molecule has 0 fully saturated rings.